The Kier molecular flexibility index (Phi) is 5.79. The molecule has 0 spiro atoms. The van der Waals surface area contributed by atoms with Gasteiger partial charge in [-0.05, 0) is 80.9 Å². The second-order valence-corrected chi connectivity index (χ2v) is 10.9. The molecule has 154 valence electrons. The Hall–Kier alpha value is -1.40. The molecule has 2 saturated carbocycles. The predicted molar refractivity (Wildman–Crippen MR) is 109 cm³/mol. The second kappa shape index (κ2) is 8.15. The Balaban J connectivity index is 1.27. The molecule has 6 heteroatoms. The van der Waals surface area contributed by atoms with Crippen molar-refractivity contribution in [1.82, 2.24) is 9.62 Å². The van der Waals surface area contributed by atoms with Gasteiger partial charge in [0, 0.05) is 25.6 Å². The van der Waals surface area contributed by atoms with E-state index in [-0.39, 0.29) is 11.9 Å². The fourth-order valence-electron chi connectivity index (χ4n) is 5.50. The number of hydrogen-bond donors (Lipinski definition) is 1. The van der Waals surface area contributed by atoms with Crippen molar-refractivity contribution < 1.29 is 13.2 Å². The second-order valence-electron chi connectivity index (χ2n) is 8.95. The molecule has 1 N–H and O–H groups in total. The summed E-state index contributed by atoms with van der Waals surface area (Å²) in [7, 11) is -3.36. The third-order valence-corrected chi connectivity index (χ3v) is 9.00. The summed E-state index contributed by atoms with van der Waals surface area (Å²) in [5.74, 6) is 2.46. The largest absolute Gasteiger partial charge is 0.353 e. The molecule has 1 saturated heterocycles. The van der Waals surface area contributed by atoms with E-state index in [1.54, 1.807) is 16.4 Å². The van der Waals surface area contributed by atoms with Crippen LogP contribution < -0.4 is 5.32 Å². The molecule has 4 rings (SSSR count). The van der Waals surface area contributed by atoms with Gasteiger partial charge in [-0.25, -0.2) is 8.42 Å². The van der Waals surface area contributed by atoms with Gasteiger partial charge in [0.25, 0.3) is 0 Å². The quantitative estimate of drug-likeness (QED) is 0.758. The molecule has 0 aromatic heterocycles. The molecular weight excluding hydrogens is 372 g/mol. The zero-order valence-electron chi connectivity index (χ0n) is 16.8. The van der Waals surface area contributed by atoms with Crippen molar-refractivity contribution in [1.29, 1.82) is 0 Å². The lowest BCUT2D eigenvalue weighted by molar-refractivity contribution is -0.122. The smallest absolute Gasteiger partial charge is 0.243 e. The van der Waals surface area contributed by atoms with Gasteiger partial charge in [-0.2, -0.15) is 4.31 Å². The number of nitrogens with zero attached hydrogens (tertiary/aromatic N) is 1. The van der Waals surface area contributed by atoms with E-state index in [4.69, 9.17) is 0 Å². The van der Waals surface area contributed by atoms with Crippen molar-refractivity contribution >= 4 is 15.9 Å². The van der Waals surface area contributed by atoms with Gasteiger partial charge >= 0.3 is 0 Å². The first-order valence-electron chi connectivity index (χ1n) is 10.8. The van der Waals surface area contributed by atoms with Crippen LogP contribution >= 0.6 is 0 Å². The summed E-state index contributed by atoms with van der Waals surface area (Å²) in [6.07, 6.45) is 8.31. The van der Waals surface area contributed by atoms with Crippen molar-refractivity contribution in [3.8, 4) is 0 Å². The average molecular weight is 405 g/mol. The maximum Gasteiger partial charge on any atom is 0.243 e. The molecule has 2 aliphatic carbocycles. The van der Waals surface area contributed by atoms with E-state index in [0.717, 1.165) is 30.2 Å². The third-order valence-electron chi connectivity index (χ3n) is 7.09. The van der Waals surface area contributed by atoms with Gasteiger partial charge < -0.3 is 5.32 Å². The monoisotopic (exact) mass is 404 g/mol. The molecule has 3 fully saturated rings. The fraction of sp³-hybridized carbons (Fsp3) is 0.682. The summed E-state index contributed by atoms with van der Waals surface area (Å²) >= 11 is 0. The number of carbonyl (C=O) groups excluding carboxylic acids is 1. The van der Waals surface area contributed by atoms with Crippen LogP contribution in [0.5, 0.6) is 0 Å². The minimum Gasteiger partial charge on any atom is -0.353 e. The highest BCUT2D eigenvalue weighted by atomic mass is 32.2. The summed E-state index contributed by atoms with van der Waals surface area (Å²) in [4.78, 5) is 12.7. The molecule has 1 aromatic rings. The predicted octanol–water partition coefficient (Wildman–Crippen LogP) is 3.34. The number of amides is 1. The highest BCUT2D eigenvalue weighted by Crippen LogP contribution is 2.49. The standard InChI is InChI=1S/C22H32N2O3S/c1-16(21-15-18-4-8-19(21)14-18)23-22(25)11-7-17-5-9-20(10-6-17)28(26,27)24-12-2-3-13-24/h5-6,9-10,16,18-19,21H,2-4,7-8,11-15H2,1H3,(H,23,25)/t16-,18+,19+,21+/m1/s1. The molecule has 4 atom stereocenters. The topological polar surface area (TPSA) is 66.5 Å². The van der Waals surface area contributed by atoms with Crippen LogP contribution in [0.4, 0.5) is 0 Å². The highest BCUT2D eigenvalue weighted by Gasteiger charge is 2.42. The van der Waals surface area contributed by atoms with Gasteiger partial charge in [-0.3, -0.25) is 4.79 Å². The van der Waals surface area contributed by atoms with Crippen LogP contribution in [0.25, 0.3) is 0 Å². The van der Waals surface area contributed by atoms with Crippen LogP contribution in [0.3, 0.4) is 0 Å². The molecular formula is C22H32N2O3S. The zero-order valence-corrected chi connectivity index (χ0v) is 17.6. The number of carbonyl (C=O) groups is 1. The normalized spacial score (nSPS) is 28.5. The van der Waals surface area contributed by atoms with Crippen LogP contribution in [0.15, 0.2) is 29.2 Å². The molecule has 1 aliphatic heterocycles. The summed E-state index contributed by atoms with van der Waals surface area (Å²) in [6, 6.07) is 7.30. The Bertz CT molecular complexity index is 800. The fourth-order valence-corrected chi connectivity index (χ4v) is 7.02. The molecule has 1 amide bonds. The van der Waals surface area contributed by atoms with Gasteiger partial charge in [0.05, 0.1) is 4.90 Å². The van der Waals surface area contributed by atoms with Crippen molar-refractivity contribution in [2.75, 3.05) is 13.1 Å². The summed E-state index contributed by atoms with van der Waals surface area (Å²) in [6.45, 7) is 3.39. The molecule has 5 nitrogen and oxygen atoms in total. The number of hydrogen-bond acceptors (Lipinski definition) is 3. The van der Waals surface area contributed by atoms with Gasteiger partial charge in [-0.15, -0.1) is 0 Å². The van der Waals surface area contributed by atoms with Crippen LogP contribution in [0, 0.1) is 17.8 Å². The lowest BCUT2D eigenvalue weighted by Crippen LogP contribution is -2.40. The van der Waals surface area contributed by atoms with Gasteiger partial charge in [0.1, 0.15) is 0 Å². The van der Waals surface area contributed by atoms with E-state index >= 15 is 0 Å². The van der Waals surface area contributed by atoms with Crippen LogP contribution in [0.1, 0.15) is 57.4 Å². The highest BCUT2D eigenvalue weighted by molar-refractivity contribution is 7.89. The molecule has 0 unspecified atom stereocenters. The van der Waals surface area contributed by atoms with Crippen molar-refractivity contribution in [3.63, 3.8) is 0 Å². The molecule has 0 radical (unpaired) electrons. The maximum atomic E-state index is 12.6. The zero-order chi connectivity index (χ0) is 19.7. The first-order valence-corrected chi connectivity index (χ1v) is 12.3. The Morgan fingerprint density at radius 3 is 2.46 bits per heavy atom. The molecule has 28 heavy (non-hydrogen) atoms. The van der Waals surface area contributed by atoms with E-state index in [2.05, 4.69) is 12.2 Å². The number of nitrogens with one attached hydrogen (secondary N) is 1. The van der Waals surface area contributed by atoms with E-state index in [9.17, 15) is 13.2 Å². The number of aryl methyl sites for hydroxylation is 1. The summed E-state index contributed by atoms with van der Waals surface area (Å²) in [5, 5.41) is 3.21. The lowest BCUT2D eigenvalue weighted by atomic mass is 9.84. The van der Waals surface area contributed by atoms with Crippen LogP contribution in [-0.4, -0.2) is 37.8 Å². The Labute approximate surface area is 168 Å². The molecule has 1 heterocycles. The number of fused-ring (bicyclic) bond motifs is 2. The Morgan fingerprint density at radius 2 is 1.86 bits per heavy atom. The summed E-state index contributed by atoms with van der Waals surface area (Å²) in [5.41, 5.74) is 1.00. The SMILES string of the molecule is C[C@@H](NC(=O)CCc1ccc(S(=O)(=O)N2CCCC2)cc1)[C@@H]1C[C@H]2CC[C@H]1C2. The number of rotatable bonds is 7. The van der Waals surface area contributed by atoms with Gasteiger partial charge in [-0.1, -0.05) is 18.6 Å². The maximum absolute atomic E-state index is 12.6. The average Bonchev–Trinajstić information content (AvgIpc) is 3.44. The van der Waals surface area contributed by atoms with Gasteiger partial charge in [0.15, 0.2) is 0 Å². The summed E-state index contributed by atoms with van der Waals surface area (Å²) < 4.78 is 26.7. The minimum atomic E-state index is -3.36. The van der Waals surface area contributed by atoms with E-state index in [1.165, 1.54) is 25.7 Å². The number of benzene rings is 1. The van der Waals surface area contributed by atoms with Crippen LogP contribution in [-0.2, 0) is 21.2 Å². The first kappa shape index (κ1) is 19.9. The molecule has 3 aliphatic rings. The van der Waals surface area contributed by atoms with Crippen LogP contribution in [0.2, 0.25) is 0 Å². The number of sulfonamides is 1. The molecule has 2 bridgehead atoms. The minimum absolute atomic E-state index is 0.101. The lowest BCUT2D eigenvalue weighted by Gasteiger charge is -2.28. The first-order chi connectivity index (χ1) is 13.4. The van der Waals surface area contributed by atoms with E-state index < -0.39 is 10.0 Å². The van der Waals surface area contributed by atoms with E-state index in [1.807, 2.05) is 12.1 Å². The van der Waals surface area contributed by atoms with Crippen molar-refractivity contribution in [3.05, 3.63) is 29.8 Å². The molecule has 1 aromatic carbocycles. The third kappa shape index (κ3) is 4.13. The van der Waals surface area contributed by atoms with Crippen molar-refractivity contribution in [2.45, 2.75) is 69.2 Å². The van der Waals surface area contributed by atoms with Crippen molar-refractivity contribution in [2.24, 2.45) is 17.8 Å². The van der Waals surface area contributed by atoms with E-state index in [0.29, 0.717) is 36.7 Å². The Morgan fingerprint density at radius 1 is 1.14 bits per heavy atom. The van der Waals surface area contributed by atoms with Gasteiger partial charge in [0.2, 0.25) is 15.9 Å².